The monoisotopic (exact) mass is 206 g/mol. The van der Waals surface area contributed by atoms with Crippen molar-refractivity contribution in [3.05, 3.63) is 29.8 Å². The van der Waals surface area contributed by atoms with Gasteiger partial charge in [-0.05, 0) is 31.6 Å². The lowest BCUT2D eigenvalue weighted by molar-refractivity contribution is 0.316. The summed E-state index contributed by atoms with van der Waals surface area (Å²) in [6, 6.07) is 8.43. The Morgan fingerprint density at radius 1 is 1.13 bits per heavy atom. The molecule has 1 rings (SSSR count). The van der Waals surface area contributed by atoms with Crippen molar-refractivity contribution in [2.75, 3.05) is 31.5 Å². The zero-order valence-electron chi connectivity index (χ0n) is 10.1. The maximum atomic E-state index is 3.47. The van der Waals surface area contributed by atoms with Crippen LogP contribution in [0.4, 0.5) is 5.69 Å². The van der Waals surface area contributed by atoms with Crippen LogP contribution in [0, 0.1) is 6.92 Å². The molecule has 0 fully saturated rings. The molecule has 0 radical (unpaired) electrons. The minimum Gasteiger partial charge on any atom is -0.384 e. The molecule has 2 heteroatoms. The van der Waals surface area contributed by atoms with Crippen LogP contribution in [0.2, 0.25) is 0 Å². The molecule has 0 aliphatic carbocycles. The van der Waals surface area contributed by atoms with Gasteiger partial charge in [0.2, 0.25) is 0 Å². The highest BCUT2D eigenvalue weighted by Crippen LogP contribution is 2.12. The van der Waals surface area contributed by atoms with E-state index in [2.05, 4.69) is 55.3 Å². The van der Waals surface area contributed by atoms with E-state index in [0.717, 1.165) is 26.2 Å². The number of hydrogen-bond donors (Lipinski definition) is 1. The number of nitrogens with zero attached hydrogens (tertiary/aromatic N) is 1. The Kier molecular flexibility index (Phi) is 5.19. The number of benzene rings is 1. The summed E-state index contributed by atoms with van der Waals surface area (Å²) in [5.41, 5.74) is 2.57. The van der Waals surface area contributed by atoms with Crippen LogP contribution in [-0.2, 0) is 0 Å². The van der Waals surface area contributed by atoms with Gasteiger partial charge in [-0.1, -0.05) is 32.0 Å². The molecule has 0 saturated heterocycles. The summed E-state index contributed by atoms with van der Waals surface area (Å²) in [6.45, 7) is 10.9. The molecule has 0 aliphatic rings. The van der Waals surface area contributed by atoms with Gasteiger partial charge in [-0.3, -0.25) is 0 Å². The predicted octanol–water partition coefficient (Wildman–Crippen LogP) is 2.75. The van der Waals surface area contributed by atoms with Crippen LogP contribution in [0.5, 0.6) is 0 Å². The summed E-state index contributed by atoms with van der Waals surface area (Å²) < 4.78 is 0. The van der Waals surface area contributed by atoms with Crippen molar-refractivity contribution in [3.8, 4) is 0 Å². The first-order valence-corrected chi connectivity index (χ1v) is 5.79. The van der Waals surface area contributed by atoms with Gasteiger partial charge in [0.1, 0.15) is 0 Å². The summed E-state index contributed by atoms with van der Waals surface area (Å²) in [5.74, 6) is 0. The fourth-order valence-electron chi connectivity index (χ4n) is 1.66. The molecule has 1 aromatic rings. The number of likely N-dealkylation sites (N-methyl/N-ethyl adjacent to an activating group) is 1. The average Bonchev–Trinajstić information content (AvgIpc) is 2.27. The summed E-state index contributed by atoms with van der Waals surface area (Å²) in [6.07, 6.45) is 0. The van der Waals surface area contributed by atoms with Crippen LogP contribution in [0.3, 0.4) is 0 Å². The topological polar surface area (TPSA) is 15.3 Å². The molecule has 15 heavy (non-hydrogen) atoms. The molecule has 0 atom stereocenters. The number of rotatable bonds is 6. The van der Waals surface area contributed by atoms with Gasteiger partial charge in [-0.2, -0.15) is 0 Å². The summed E-state index contributed by atoms with van der Waals surface area (Å²) >= 11 is 0. The third-order valence-corrected chi connectivity index (χ3v) is 2.78. The van der Waals surface area contributed by atoms with Crippen LogP contribution in [-0.4, -0.2) is 31.1 Å². The van der Waals surface area contributed by atoms with Crippen LogP contribution in [0.1, 0.15) is 19.4 Å². The van der Waals surface area contributed by atoms with E-state index in [0.29, 0.717) is 0 Å². The third kappa shape index (κ3) is 3.92. The van der Waals surface area contributed by atoms with E-state index >= 15 is 0 Å². The van der Waals surface area contributed by atoms with Crippen molar-refractivity contribution in [3.63, 3.8) is 0 Å². The maximum Gasteiger partial charge on any atom is 0.0370 e. The van der Waals surface area contributed by atoms with Crippen LogP contribution in [0.25, 0.3) is 0 Å². The molecule has 0 heterocycles. The molecule has 0 saturated carbocycles. The number of aryl methyl sites for hydroxylation is 1. The van der Waals surface area contributed by atoms with Crippen molar-refractivity contribution >= 4 is 5.69 Å². The van der Waals surface area contributed by atoms with Crippen LogP contribution >= 0.6 is 0 Å². The molecule has 0 unspecified atom stereocenters. The van der Waals surface area contributed by atoms with Crippen LogP contribution in [0.15, 0.2) is 24.3 Å². The van der Waals surface area contributed by atoms with Crippen molar-refractivity contribution < 1.29 is 0 Å². The summed E-state index contributed by atoms with van der Waals surface area (Å²) in [5, 5.41) is 3.47. The Bertz CT molecular complexity index is 280. The molecule has 1 N–H and O–H groups in total. The zero-order chi connectivity index (χ0) is 11.1. The fraction of sp³-hybridized carbons (Fsp3) is 0.538. The van der Waals surface area contributed by atoms with Gasteiger partial charge in [0, 0.05) is 18.8 Å². The smallest absolute Gasteiger partial charge is 0.0370 e. The van der Waals surface area contributed by atoms with Gasteiger partial charge in [0.15, 0.2) is 0 Å². The van der Waals surface area contributed by atoms with E-state index < -0.39 is 0 Å². The Labute approximate surface area is 93.3 Å². The SMILES string of the molecule is CCN(CC)CCNc1ccccc1C. The fourth-order valence-corrected chi connectivity index (χ4v) is 1.66. The second kappa shape index (κ2) is 6.46. The predicted molar refractivity (Wildman–Crippen MR) is 67.5 cm³/mol. The van der Waals surface area contributed by atoms with E-state index in [1.807, 2.05) is 0 Å². The normalized spacial score (nSPS) is 10.7. The van der Waals surface area contributed by atoms with E-state index in [9.17, 15) is 0 Å². The maximum absolute atomic E-state index is 3.47. The summed E-state index contributed by atoms with van der Waals surface area (Å²) in [4.78, 5) is 2.42. The highest BCUT2D eigenvalue weighted by molar-refractivity contribution is 5.50. The Morgan fingerprint density at radius 2 is 1.80 bits per heavy atom. The molecule has 0 aromatic heterocycles. The van der Waals surface area contributed by atoms with Gasteiger partial charge in [-0.25, -0.2) is 0 Å². The minimum atomic E-state index is 1.02. The first-order valence-electron chi connectivity index (χ1n) is 5.79. The highest BCUT2D eigenvalue weighted by Gasteiger charge is 1.99. The molecular formula is C13H22N2. The zero-order valence-corrected chi connectivity index (χ0v) is 10.1. The van der Waals surface area contributed by atoms with Gasteiger partial charge >= 0.3 is 0 Å². The first kappa shape index (κ1) is 12.1. The molecule has 2 nitrogen and oxygen atoms in total. The lowest BCUT2D eigenvalue weighted by Crippen LogP contribution is -2.28. The molecule has 0 amide bonds. The lowest BCUT2D eigenvalue weighted by Gasteiger charge is -2.18. The number of anilines is 1. The second-order valence-corrected chi connectivity index (χ2v) is 3.77. The molecular weight excluding hydrogens is 184 g/mol. The van der Waals surface area contributed by atoms with E-state index in [1.54, 1.807) is 0 Å². The Balaban J connectivity index is 2.34. The van der Waals surface area contributed by atoms with Gasteiger partial charge in [0.05, 0.1) is 0 Å². The number of nitrogens with one attached hydrogen (secondary N) is 1. The van der Waals surface area contributed by atoms with E-state index in [-0.39, 0.29) is 0 Å². The minimum absolute atomic E-state index is 1.02. The quantitative estimate of drug-likeness (QED) is 0.770. The van der Waals surface area contributed by atoms with Crippen molar-refractivity contribution in [1.82, 2.24) is 4.90 Å². The summed E-state index contributed by atoms with van der Waals surface area (Å²) in [7, 11) is 0. The van der Waals surface area contributed by atoms with E-state index in [4.69, 9.17) is 0 Å². The third-order valence-electron chi connectivity index (χ3n) is 2.78. The Hall–Kier alpha value is -1.02. The second-order valence-electron chi connectivity index (χ2n) is 3.77. The number of hydrogen-bond acceptors (Lipinski definition) is 2. The molecule has 0 spiro atoms. The number of para-hydroxylation sites is 1. The van der Waals surface area contributed by atoms with Crippen molar-refractivity contribution in [1.29, 1.82) is 0 Å². The van der Waals surface area contributed by atoms with E-state index in [1.165, 1.54) is 11.3 Å². The van der Waals surface area contributed by atoms with Gasteiger partial charge < -0.3 is 10.2 Å². The molecule has 0 aliphatic heterocycles. The van der Waals surface area contributed by atoms with Crippen LogP contribution < -0.4 is 5.32 Å². The first-order chi connectivity index (χ1) is 7.27. The lowest BCUT2D eigenvalue weighted by atomic mass is 10.2. The molecule has 0 bridgehead atoms. The standard InChI is InChI=1S/C13H22N2/c1-4-15(5-2)11-10-14-13-9-7-6-8-12(13)3/h6-9,14H,4-5,10-11H2,1-3H3. The average molecular weight is 206 g/mol. The van der Waals surface area contributed by atoms with Crippen molar-refractivity contribution in [2.45, 2.75) is 20.8 Å². The molecule has 1 aromatic carbocycles. The Morgan fingerprint density at radius 3 is 2.40 bits per heavy atom. The molecule has 84 valence electrons. The highest BCUT2D eigenvalue weighted by atomic mass is 15.1. The van der Waals surface area contributed by atoms with Crippen molar-refractivity contribution in [2.24, 2.45) is 0 Å². The van der Waals surface area contributed by atoms with Gasteiger partial charge in [-0.15, -0.1) is 0 Å². The van der Waals surface area contributed by atoms with Gasteiger partial charge in [0.25, 0.3) is 0 Å². The largest absolute Gasteiger partial charge is 0.384 e.